The van der Waals surface area contributed by atoms with Crippen molar-refractivity contribution in [3.8, 4) is 11.5 Å². The second kappa shape index (κ2) is 17.7. The Labute approximate surface area is 286 Å². The third kappa shape index (κ3) is 10.2. The van der Waals surface area contributed by atoms with Crippen LogP contribution < -0.4 is 20.5 Å². The second-order valence-electron chi connectivity index (χ2n) is 11.4. The third-order valence-electron chi connectivity index (χ3n) is 7.92. The summed E-state index contributed by atoms with van der Waals surface area (Å²) in [4.78, 5) is 42.9. The number of halogens is 2. The quantitative estimate of drug-likeness (QED) is 0.148. The molecule has 8 nitrogen and oxygen atoms in total. The zero-order valence-electron chi connectivity index (χ0n) is 26.8. The average Bonchev–Trinajstić information content (AvgIpc) is 3.06. The summed E-state index contributed by atoms with van der Waals surface area (Å²) >= 11 is 12.8. The molecule has 10 heteroatoms. The van der Waals surface area contributed by atoms with Crippen LogP contribution in [0.2, 0.25) is 10.0 Å². The van der Waals surface area contributed by atoms with Crippen molar-refractivity contribution in [1.29, 1.82) is 0 Å². The Morgan fingerprint density at radius 1 is 0.851 bits per heavy atom. The number of piperidine rings is 1. The molecule has 0 spiro atoms. The summed E-state index contributed by atoms with van der Waals surface area (Å²) in [5.41, 5.74) is 8.68. The molecule has 0 aliphatic carbocycles. The summed E-state index contributed by atoms with van der Waals surface area (Å²) in [6.45, 7) is 0.743. The highest BCUT2D eigenvalue weighted by atomic mass is 35.5. The molecule has 3 N–H and O–H groups in total. The van der Waals surface area contributed by atoms with Gasteiger partial charge in [0, 0.05) is 37.1 Å². The Kier molecular flexibility index (Phi) is 13.5. The first-order chi connectivity index (χ1) is 22.7. The van der Waals surface area contributed by atoms with E-state index in [1.54, 1.807) is 53.5 Å². The summed E-state index contributed by atoms with van der Waals surface area (Å²) < 4.78 is 10.6. The molecule has 1 aliphatic heterocycles. The molecule has 0 saturated carbocycles. The van der Waals surface area contributed by atoms with Crippen LogP contribution in [0.1, 0.15) is 48.8 Å². The van der Waals surface area contributed by atoms with Gasteiger partial charge in [0.05, 0.1) is 24.3 Å². The highest BCUT2D eigenvalue weighted by molar-refractivity contribution is 6.32. The summed E-state index contributed by atoms with van der Waals surface area (Å²) in [6.07, 6.45) is 7.57. The number of methoxy groups -OCH3 is 2. The number of hydrogen-bond donors (Lipinski definition) is 2. The molecule has 47 heavy (non-hydrogen) atoms. The number of rotatable bonds is 14. The monoisotopic (exact) mass is 677 g/mol. The number of nitrogens with zero attached hydrogens (tertiary/aromatic N) is 1. The molecular weight excluding hydrogens is 637 g/mol. The fourth-order valence-corrected chi connectivity index (χ4v) is 5.99. The molecule has 3 aromatic carbocycles. The average molecular weight is 679 g/mol. The van der Waals surface area contributed by atoms with Crippen molar-refractivity contribution >= 4 is 53.0 Å². The number of ketones is 1. The molecule has 0 aromatic heterocycles. The van der Waals surface area contributed by atoms with Crippen LogP contribution in [0.25, 0.3) is 12.2 Å². The van der Waals surface area contributed by atoms with Gasteiger partial charge in [0.25, 0.3) is 0 Å². The number of hydrogen-bond acceptors (Lipinski definition) is 6. The van der Waals surface area contributed by atoms with E-state index in [0.29, 0.717) is 69.6 Å². The van der Waals surface area contributed by atoms with Crippen LogP contribution in [0.4, 0.5) is 0 Å². The van der Waals surface area contributed by atoms with Crippen LogP contribution in [0, 0.1) is 0 Å². The van der Waals surface area contributed by atoms with Gasteiger partial charge < -0.3 is 25.4 Å². The Hall–Kier alpha value is -4.11. The molecule has 0 radical (unpaired) electrons. The van der Waals surface area contributed by atoms with Crippen LogP contribution >= 0.6 is 23.2 Å². The van der Waals surface area contributed by atoms with Crippen molar-refractivity contribution in [3.05, 3.63) is 105 Å². The van der Waals surface area contributed by atoms with E-state index in [1.165, 1.54) is 14.2 Å². The Balaban J connectivity index is 1.67. The van der Waals surface area contributed by atoms with E-state index in [4.69, 9.17) is 38.4 Å². The highest BCUT2D eigenvalue weighted by Gasteiger charge is 2.33. The topological polar surface area (TPSA) is 111 Å². The minimum atomic E-state index is -0.824. The molecule has 0 bridgehead atoms. The van der Waals surface area contributed by atoms with E-state index in [9.17, 15) is 14.4 Å². The van der Waals surface area contributed by atoms with Crippen LogP contribution in [0.3, 0.4) is 0 Å². The lowest BCUT2D eigenvalue weighted by molar-refractivity contribution is -0.136. The maximum Gasteiger partial charge on any atom is 0.246 e. The molecule has 0 unspecified atom stereocenters. The minimum Gasteiger partial charge on any atom is -0.495 e. The van der Waals surface area contributed by atoms with E-state index < -0.39 is 6.04 Å². The number of Topliss-reactive ketones (excluding diaryl/α,β-unsaturated/α-hetero) is 1. The molecule has 1 fully saturated rings. The van der Waals surface area contributed by atoms with E-state index >= 15 is 0 Å². The number of amides is 2. The molecule has 248 valence electrons. The van der Waals surface area contributed by atoms with Gasteiger partial charge >= 0.3 is 0 Å². The number of carbonyl (C=O) groups is 3. The van der Waals surface area contributed by atoms with Gasteiger partial charge in [-0.15, -0.1) is 0 Å². The number of benzene rings is 3. The third-order valence-corrected chi connectivity index (χ3v) is 8.52. The van der Waals surface area contributed by atoms with Gasteiger partial charge in [0.15, 0.2) is 5.78 Å². The van der Waals surface area contributed by atoms with Crippen molar-refractivity contribution in [2.75, 3.05) is 33.9 Å². The first kappa shape index (κ1) is 35.7. The van der Waals surface area contributed by atoms with Crippen molar-refractivity contribution in [1.82, 2.24) is 10.2 Å². The standard InChI is InChI=1S/C37H41Cl2N3O5/c1-46-33-15-13-26(20-30(33)38)18-28-23-42(24-29(36(28)44)19-27-14-16-34(47-2)31(39)21-27)37(45)32(22-25-10-6-5-7-11-25)41-35(43)12-8-3-4-9-17-40/h5-7,10-11,13-16,18-21,32H,3-4,8-9,12,17,22-24,40H2,1-2H3,(H,41,43)/b28-18+,29-19+/t32-/m0/s1. The Morgan fingerprint density at radius 2 is 1.40 bits per heavy atom. The SMILES string of the molecule is COc1ccc(/C=C2\CN(C(=O)[C@H](Cc3ccccc3)NC(=O)CCCCCCN)C/C(=C\c3ccc(OC)c(Cl)c3)C2=O)cc1Cl. The first-order valence-electron chi connectivity index (χ1n) is 15.7. The van der Waals surface area contributed by atoms with Gasteiger partial charge in [-0.25, -0.2) is 0 Å². The normalized spacial score (nSPS) is 15.5. The largest absolute Gasteiger partial charge is 0.495 e. The van der Waals surface area contributed by atoms with Gasteiger partial charge in [-0.2, -0.15) is 0 Å². The number of ether oxygens (including phenoxy) is 2. The predicted octanol–water partition coefficient (Wildman–Crippen LogP) is 6.53. The van der Waals surface area contributed by atoms with Gasteiger partial charge in [0.2, 0.25) is 11.8 Å². The highest BCUT2D eigenvalue weighted by Crippen LogP contribution is 2.30. The number of likely N-dealkylation sites (tertiary alicyclic amines) is 1. The minimum absolute atomic E-state index is 0.0578. The van der Waals surface area contributed by atoms with Crippen LogP contribution in [-0.4, -0.2) is 62.4 Å². The molecular formula is C37H41Cl2N3O5. The number of nitrogens with one attached hydrogen (secondary N) is 1. The zero-order valence-corrected chi connectivity index (χ0v) is 28.3. The van der Waals surface area contributed by atoms with Crippen molar-refractivity contribution in [2.24, 2.45) is 5.73 Å². The Bertz CT molecular complexity index is 1550. The van der Waals surface area contributed by atoms with Crippen LogP contribution in [0.5, 0.6) is 11.5 Å². The Morgan fingerprint density at radius 3 is 1.91 bits per heavy atom. The zero-order chi connectivity index (χ0) is 33.8. The molecule has 1 saturated heterocycles. The first-order valence-corrected chi connectivity index (χ1v) is 16.4. The molecule has 3 aromatic rings. The lowest BCUT2D eigenvalue weighted by atomic mass is 9.93. The molecule has 4 rings (SSSR count). The van der Waals surface area contributed by atoms with E-state index in [-0.39, 0.29) is 30.7 Å². The van der Waals surface area contributed by atoms with Gasteiger partial charge in [-0.05, 0) is 72.5 Å². The lowest BCUT2D eigenvalue weighted by Crippen LogP contribution is -2.52. The molecule has 1 atom stereocenters. The van der Waals surface area contributed by atoms with E-state index in [0.717, 1.165) is 24.8 Å². The smallest absolute Gasteiger partial charge is 0.246 e. The number of carbonyl (C=O) groups excluding carboxylic acids is 3. The van der Waals surface area contributed by atoms with E-state index in [1.807, 2.05) is 30.3 Å². The van der Waals surface area contributed by atoms with Crippen molar-refractivity contribution in [3.63, 3.8) is 0 Å². The van der Waals surface area contributed by atoms with E-state index in [2.05, 4.69) is 5.32 Å². The van der Waals surface area contributed by atoms with Gasteiger partial charge in [-0.1, -0.05) is 78.5 Å². The summed E-state index contributed by atoms with van der Waals surface area (Å²) in [7, 11) is 3.06. The maximum absolute atomic E-state index is 14.3. The lowest BCUT2D eigenvalue weighted by Gasteiger charge is -2.33. The van der Waals surface area contributed by atoms with Crippen molar-refractivity contribution in [2.45, 2.75) is 44.6 Å². The van der Waals surface area contributed by atoms with Crippen molar-refractivity contribution < 1.29 is 23.9 Å². The van der Waals surface area contributed by atoms with Gasteiger partial charge in [-0.3, -0.25) is 14.4 Å². The number of nitrogens with two attached hydrogens (primary N) is 1. The summed E-state index contributed by atoms with van der Waals surface area (Å²) in [5.74, 6) is 0.351. The fourth-order valence-electron chi connectivity index (χ4n) is 5.46. The maximum atomic E-state index is 14.3. The van der Waals surface area contributed by atoms with Crippen LogP contribution in [-0.2, 0) is 20.8 Å². The second-order valence-corrected chi connectivity index (χ2v) is 12.2. The summed E-state index contributed by atoms with van der Waals surface area (Å²) in [6, 6.07) is 19.2. The number of unbranched alkanes of at least 4 members (excludes halogenated alkanes) is 3. The molecule has 1 heterocycles. The predicted molar refractivity (Wildman–Crippen MR) is 188 cm³/mol. The molecule has 1 aliphatic rings. The van der Waals surface area contributed by atoms with Crippen LogP contribution in [0.15, 0.2) is 77.9 Å². The summed E-state index contributed by atoms with van der Waals surface area (Å²) in [5, 5.41) is 3.79. The van der Waals surface area contributed by atoms with Gasteiger partial charge in [0.1, 0.15) is 17.5 Å². The molecule has 2 amide bonds. The fraction of sp³-hybridized carbons (Fsp3) is 0.324.